The first kappa shape index (κ1) is 19.5. The van der Waals surface area contributed by atoms with Gasteiger partial charge < -0.3 is 9.47 Å². The Hall–Kier alpha value is -4.20. The van der Waals surface area contributed by atoms with Gasteiger partial charge in [0.15, 0.2) is 23.5 Å². The summed E-state index contributed by atoms with van der Waals surface area (Å²) in [6.45, 7) is 0.111. The molecule has 8 heteroatoms. The molecule has 4 aromatic rings. The first-order valence-corrected chi connectivity index (χ1v) is 10.1. The van der Waals surface area contributed by atoms with Gasteiger partial charge in [-0.05, 0) is 59.7 Å². The van der Waals surface area contributed by atoms with Gasteiger partial charge in [0.2, 0.25) is 11.9 Å². The van der Waals surface area contributed by atoms with Crippen LogP contribution >= 0.6 is 0 Å². The molecule has 6 rings (SSSR count). The quantitative estimate of drug-likeness (QED) is 0.375. The molecule has 2 aromatic heterocycles. The van der Waals surface area contributed by atoms with Crippen molar-refractivity contribution in [3.63, 3.8) is 0 Å². The lowest BCUT2D eigenvalue weighted by molar-refractivity contribution is 0.270. The summed E-state index contributed by atoms with van der Waals surface area (Å²) in [5, 5.41) is 0. The van der Waals surface area contributed by atoms with Crippen LogP contribution in [0.25, 0.3) is 22.3 Å². The second-order valence-electron chi connectivity index (χ2n) is 7.76. The summed E-state index contributed by atoms with van der Waals surface area (Å²) in [7, 11) is 0. The van der Waals surface area contributed by atoms with Crippen LogP contribution in [0.2, 0.25) is 0 Å². The zero-order valence-electron chi connectivity index (χ0n) is 16.9. The highest BCUT2D eigenvalue weighted by atomic mass is 19.1. The van der Waals surface area contributed by atoms with Crippen molar-refractivity contribution >= 4 is 6.40 Å². The van der Waals surface area contributed by atoms with Crippen LogP contribution < -0.4 is 4.74 Å². The van der Waals surface area contributed by atoms with Crippen molar-refractivity contribution in [2.24, 2.45) is 4.99 Å². The zero-order valence-corrected chi connectivity index (χ0v) is 16.9. The van der Waals surface area contributed by atoms with Crippen LogP contribution in [-0.4, -0.2) is 23.0 Å². The van der Waals surface area contributed by atoms with Crippen molar-refractivity contribution < 1.29 is 22.6 Å². The van der Waals surface area contributed by atoms with E-state index in [4.69, 9.17) is 9.47 Å². The van der Waals surface area contributed by atoms with Gasteiger partial charge >= 0.3 is 0 Å². The molecule has 0 bridgehead atoms. The molecule has 1 atom stereocenters. The summed E-state index contributed by atoms with van der Waals surface area (Å²) in [6.07, 6.45) is 4.03. The molecule has 0 unspecified atom stereocenters. The molecule has 4 heterocycles. The fourth-order valence-electron chi connectivity index (χ4n) is 4.30. The zero-order chi connectivity index (χ0) is 22.6. The third-order valence-corrected chi connectivity index (χ3v) is 5.90. The molecule has 2 aromatic carbocycles. The van der Waals surface area contributed by atoms with E-state index in [-0.39, 0.29) is 12.4 Å². The van der Waals surface area contributed by atoms with Gasteiger partial charge in [-0.25, -0.2) is 19.4 Å². The Labute approximate surface area is 186 Å². The van der Waals surface area contributed by atoms with E-state index in [0.717, 1.165) is 0 Å². The highest BCUT2D eigenvalue weighted by Crippen LogP contribution is 2.53. The Kier molecular flexibility index (Phi) is 4.23. The predicted octanol–water partition coefficient (Wildman–Crippen LogP) is 5.64. The third kappa shape index (κ3) is 2.98. The fraction of sp³-hybridized carbons (Fsp3) is 0.0800. The highest BCUT2D eigenvalue weighted by Gasteiger charge is 2.46. The van der Waals surface area contributed by atoms with E-state index in [1.54, 1.807) is 36.4 Å². The van der Waals surface area contributed by atoms with Crippen molar-refractivity contribution in [3.8, 4) is 33.8 Å². The van der Waals surface area contributed by atoms with Crippen LogP contribution in [0.5, 0.6) is 11.5 Å². The maximum absolute atomic E-state index is 15.3. The molecular weight excluding hydrogens is 431 g/mol. The standard InChI is InChI=1S/C25H14F3N3O2/c26-20-10-16(15-4-6-22(27)30-11-15)9-19-23(20)33-21-5-3-14(17-2-1-7-29-24(17)28)8-18(21)25(19)12-32-13-31-25/h1-11,13H,12H2/t25-/m0/s1. The molecule has 0 amide bonds. The normalized spacial score (nSPS) is 17.9. The van der Waals surface area contributed by atoms with Gasteiger partial charge in [-0.3, -0.25) is 0 Å². The monoisotopic (exact) mass is 445 g/mol. The summed E-state index contributed by atoms with van der Waals surface area (Å²) in [4.78, 5) is 12.0. The lowest BCUT2D eigenvalue weighted by Crippen LogP contribution is -2.31. The average Bonchev–Trinajstić information content (AvgIpc) is 3.31. The molecule has 162 valence electrons. The van der Waals surface area contributed by atoms with E-state index >= 15 is 4.39 Å². The minimum Gasteiger partial charge on any atom is -0.480 e. The topological polar surface area (TPSA) is 56.6 Å². The highest BCUT2D eigenvalue weighted by molar-refractivity contribution is 5.74. The van der Waals surface area contributed by atoms with E-state index in [2.05, 4.69) is 15.0 Å². The number of rotatable bonds is 2. The smallest absolute Gasteiger partial charge is 0.220 e. The SMILES string of the molecule is Fc1ccc(-c2cc(F)c3c(c2)[C@]2(COC=N2)c2cc(-c4cccnc4F)ccc2O3)cn1. The number of aliphatic imine (C=N–C) groups is 1. The van der Waals surface area contributed by atoms with Crippen LogP contribution in [0, 0.1) is 17.7 Å². The Morgan fingerprint density at radius 1 is 0.848 bits per heavy atom. The molecule has 0 fully saturated rings. The van der Waals surface area contributed by atoms with Crippen molar-refractivity contribution in [3.05, 3.63) is 95.8 Å². The van der Waals surface area contributed by atoms with E-state index in [1.807, 2.05) is 0 Å². The Bertz CT molecular complexity index is 1440. The Balaban J connectivity index is 1.56. The van der Waals surface area contributed by atoms with Gasteiger partial charge in [-0.1, -0.05) is 6.07 Å². The molecule has 2 aliphatic rings. The average molecular weight is 445 g/mol. The number of fused-ring (bicyclic) bond motifs is 4. The van der Waals surface area contributed by atoms with Gasteiger partial charge in [0.1, 0.15) is 12.4 Å². The largest absolute Gasteiger partial charge is 0.480 e. The number of ether oxygens (including phenoxy) is 2. The van der Waals surface area contributed by atoms with Gasteiger partial charge in [0.05, 0.1) is 0 Å². The maximum Gasteiger partial charge on any atom is 0.220 e. The molecule has 2 aliphatic heterocycles. The number of halogens is 3. The van der Waals surface area contributed by atoms with E-state index in [0.29, 0.717) is 39.1 Å². The lowest BCUT2D eigenvalue weighted by Gasteiger charge is -2.34. The van der Waals surface area contributed by atoms with Crippen LogP contribution in [0.15, 0.2) is 72.0 Å². The third-order valence-electron chi connectivity index (χ3n) is 5.90. The molecule has 0 saturated heterocycles. The van der Waals surface area contributed by atoms with Crippen LogP contribution in [0.1, 0.15) is 11.1 Å². The van der Waals surface area contributed by atoms with Crippen LogP contribution in [0.3, 0.4) is 0 Å². The second-order valence-corrected chi connectivity index (χ2v) is 7.76. The van der Waals surface area contributed by atoms with Crippen molar-refractivity contribution in [2.45, 2.75) is 5.54 Å². The minimum absolute atomic E-state index is 0.0317. The molecule has 33 heavy (non-hydrogen) atoms. The van der Waals surface area contributed by atoms with Crippen LogP contribution in [0.4, 0.5) is 13.2 Å². The lowest BCUT2D eigenvalue weighted by atomic mass is 9.79. The summed E-state index contributed by atoms with van der Waals surface area (Å²) >= 11 is 0. The van der Waals surface area contributed by atoms with E-state index in [9.17, 15) is 8.78 Å². The Morgan fingerprint density at radius 3 is 2.45 bits per heavy atom. The molecule has 0 N–H and O–H groups in total. The number of hydrogen-bond acceptors (Lipinski definition) is 5. The molecule has 0 aliphatic carbocycles. The van der Waals surface area contributed by atoms with Gasteiger partial charge in [0, 0.05) is 34.6 Å². The molecule has 0 saturated carbocycles. The van der Waals surface area contributed by atoms with Crippen LogP contribution in [-0.2, 0) is 10.3 Å². The fourth-order valence-corrected chi connectivity index (χ4v) is 4.30. The number of aromatic nitrogens is 2. The van der Waals surface area contributed by atoms with E-state index in [1.165, 1.54) is 37.0 Å². The molecule has 1 spiro atoms. The summed E-state index contributed by atoms with van der Waals surface area (Å²) in [5.74, 6) is -1.40. The van der Waals surface area contributed by atoms with Gasteiger partial charge in [-0.15, -0.1) is 0 Å². The molecule has 0 radical (unpaired) electrons. The molecule has 5 nitrogen and oxygen atoms in total. The maximum atomic E-state index is 15.3. The minimum atomic E-state index is -1.10. The first-order chi connectivity index (χ1) is 16.0. The summed E-state index contributed by atoms with van der Waals surface area (Å²) < 4.78 is 54.3. The first-order valence-electron chi connectivity index (χ1n) is 10.1. The van der Waals surface area contributed by atoms with Gasteiger partial charge in [0.25, 0.3) is 0 Å². The second kappa shape index (κ2) is 7.16. The van der Waals surface area contributed by atoms with Crippen molar-refractivity contribution in [1.82, 2.24) is 9.97 Å². The van der Waals surface area contributed by atoms with Gasteiger partial charge in [-0.2, -0.15) is 8.78 Å². The summed E-state index contributed by atoms with van der Waals surface area (Å²) in [6, 6.07) is 14.2. The number of benzene rings is 2. The number of nitrogens with zero attached hydrogens (tertiary/aromatic N) is 3. The van der Waals surface area contributed by atoms with Crippen molar-refractivity contribution in [2.75, 3.05) is 6.61 Å². The number of pyridine rings is 2. The van der Waals surface area contributed by atoms with Crippen molar-refractivity contribution in [1.29, 1.82) is 0 Å². The Morgan fingerprint density at radius 2 is 1.70 bits per heavy atom. The van der Waals surface area contributed by atoms with E-state index < -0.39 is 23.3 Å². The molecular formula is C25H14F3N3O2. The predicted molar refractivity (Wildman–Crippen MR) is 115 cm³/mol. The number of hydrogen-bond donors (Lipinski definition) is 0. The summed E-state index contributed by atoms with van der Waals surface area (Å²) in [5.41, 5.74) is 1.88.